The topological polar surface area (TPSA) is 29.1 Å². The summed E-state index contributed by atoms with van der Waals surface area (Å²) in [6.45, 7) is 4.03. The molecule has 0 aliphatic heterocycles. The molecule has 0 atom stereocenters. The van der Waals surface area contributed by atoms with Gasteiger partial charge in [0.15, 0.2) is 0 Å². The Morgan fingerprint density at radius 3 is 2.88 bits per heavy atom. The van der Waals surface area contributed by atoms with Crippen molar-refractivity contribution in [2.75, 3.05) is 6.54 Å². The number of nitrogens with one attached hydrogen (secondary N) is 1. The molecular weight excluding hydrogens is 102 g/mol. The summed E-state index contributed by atoms with van der Waals surface area (Å²) in [6, 6.07) is 0. The molecule has 0 saturated heterocycles. The van der Waals surface area contributed by atoms with E-state index in [0.717, 1.165) is 0 Å². The van der Waals surface area contributed by atoms with Crippen LogP contribution in [-0.2, 0) is 4.79 Å². The summed E-state index contributed by atoms with van der Waals surface area (Å²) in [4.78, 5) is 9.60. The number of carbonyl (C=O) groups excluding carboxylic acids is 1. The van der Waals surface area contributed by atoms with Gasteiger partial charge in [0.05, 0.1) is 0 Å². The number of amides is 1. The molecular formula is C6H9NO. The fourth-order valence-electron chi connectivity index (χ4n) is 0.280. The van der Waals surface area contributed by atoms with Crippen LogP contribution in [0.3, 0.4) is 0 Å². The average Bonchev–Trinajstić information content (AvgIpc) is 1.81. The van der Waals surface area contributed by atoms with E-state index in [1.165, 1.54) is 0 Å². The van der Waals surface area contributed by atoms with Crippen LogP contribution in [0.25, 0.3) is 0 Å². The van der Waals surface area contributed by atoms with E-state index in [0.29, 0.717) is 13.0 Å². The van der Waals surface area contributed by atoms with Crippen LogP contribution in [0.5, 0.6) is 0 Å². The van der Waals surface area contributed by atoms with Crippen LogP contribution in [-0.4, -0.2) is 13.0 Å². The zero-order valence-corrected chi connectivity index (χ0v) is 4.63. The lowest BCUT2D eigenvalue weighted by atomic mass is 10.5. The molecule has 0 bridgehead atoms. The smallest absolute Gasteiger partial charge is 0.207 e. The second-order valence-corrected chi connectivity index (χ2v) is 1.19. The van der Waals surface area contributed by atoms with E-state index in [9.17, 15) is 4.79 Å². The first-order valence-corrected chi connectivity index (χ1v) is 2.36. The molecule has 2 heteroatoms. The Morgan fingerprint density at radius 1 is 1.62 bits per heavy atom. The van der Waals surface area contributed by atoms with Crippen molar-refractivity contribution >= 4 is 6.41 Å². The first kappa shape index (κ1) is 6.95. The fraction of sp³-hybridized carbons (Fsp3) is 0.167. The third kappa shape index (κ3) is 4.95. The van der Waals surface area contributed by atoms with Crippen LogP contribution in [0.15, 0.2) is 24.8 Å². The highest BCUT2D eigenvalue weighted by Gasteiger charge is 1.67. The SMILES string of the molecule is C=C/C=C\CNC=O. The Morgan fingerprint density at radius 2 is 2.38 bits per heavy atom. The number of hydrogen-bond donors (Lipinski definition) is 1. The number of carbonyl (C=O) groups is 1. The molecule has 0 saturated carbocycles. The second-order valence-electron chi connectivity index (χ2n) is 1.19. The van der Waals surface area contributed by atoms with Gasteiger partial charge in [-0.25, -0.2) is 0 Å². The molecule has 0 aliphatic carbocycles. The molecule has 0 radical (unpaired) electrons. The van der Waals surface area contributed by atoms with Crippen molar-refractivity contribution in [1.29, 1.82) is 0 Å². The molecule has 0 aromatic rings. The van der Waals surface area contributed by atoms with Crippen molar-refractivity contribution in [2.45, 2.75) is 0 Å². The van der Waals surface area contributed by atoms with Gasteiger partial charge in [0, 0.05) is 6.54 Å². The molecule has 1 amide bonds. The van der Waals surface area contributed by atoms with E-state index in [1.807, 2.05) is 0 Å². The molecule has 1 N–H and O–H groups in total. The second kappa shape index (κ2) is 5.95. The standard InChI is InChI=1S/C6H9NO/c1-2-3-4-5-7-6-8/h2-4,6H,1,5H2,(H,7,8)/b4-3-. The maximum Gasteiger partial charge on any atom is 0.207 e. The zero-order valence-electron chi connectivity index (χ0n) is 4.63. The predicted molar refractivity (Wildman–Crippen MR) is 33.4 cm³/mol. The van der Waals surface area contributed by atoms with E-state index in [4.69, 9.17) is 0 Å². The molecule has 0 spiro atoms. The van der Waals surface area contributed by atoms with E-state index in [1.54, 1.807) is 18.2 Å². The molecule has 2 nitrogen and oxygen atoms in total. The summed E-state index contributed by atoms with van der Waals surface area (Å²) >= 11 is 0. The Bertz CT molecular complexity index is 96.7. The summed E-state index contributed by atoms with van der Waals surface area (Å²) in [5.41, 5.74) is 0. The molecule has 0 aliphatic rings. The van der Waals surface area contributed by atoms with Crippen LogP contribution in [0.2, 0.25) is 0 Å². The highest BCUT2D eigenvalue weighted by atomic mass is 16.1. The van der Waals surface area contributed by atoms with Gasteiger partial charge in [0.1, 0.15) is 0 Å². The van der Waals surface area contributed by atoms with Gasteiger partial charge in [-0.3, -0.25) is 4.79 Å². The lowest BCUT2D eigenvalue weighted by Gasteiger charge is -1.84. The number of hydrogen-bond acceptors (Lipinski definition) is 1. The highest BCUT2D eigenvalue weighted by Crippen LogP contribution is 1.67. The summed E-state index contributed by atoms with van der Waals surface area (Å²) in [7, 11) is 0. The number of rotatable bonds is 4. The molecule has 44 valence electrons. The van der Waals surface area contributed by atoms with Crippen molar-refractivity contribution in [2.24, 2.45) is 0 Å². The molecule has 0 aromatic carbocycles. The predicted octanol–water partition coefficient (Wildman–Crippen LogP) is 0.475. The van der Waals surface area contributed by atoms with Crippen LogP contribution in [0.4, 0.5) is 0 Å². The van der Waals surface area contributed by atoms with Crippen molar-refractivity contribution in [3.63, 3.8) is 0 Å². The van der Waals surface area contributed by atoms with E-state index in [2.05, 4.69) is 11.9 Å². The summed E-state index contributed by atoms with van der Waals surface area (Å²) in [5.74, 6) is 0. The van der Waals surface area contributed by atoms with Crippen molar-refractivity contribution in [3.8, 4) is 0 Å². The highest BCUT2D eigenvalue weighted by molar-refractivity contribution is 5.46. The molecule has 0 heterocycles. The lowest BCUT2D eigenvalue weighted by molar-refractivity contribution is -0.109. The minimum atomic E-state index is 0.579. The summed E-state index contributed by atoms with van der Waals surface area (Å²) in [5, 5.41) is 2.47. The van der Waals surface area contributed by atoms with Gasteiger partial charge in [0.2, 0.25) is 6.41 Å². The van der Waals surface area contributed by atoms with Gasteiger partial charge in [-0.15, -0.1) is 0 Å². The largest absolute Gasteiger partial charge is 0.355 e. The third-order valence-corrected chi connectivity index (χ3v) is 0.591. The molecule has 0 fully saturated rings. The van der Waals surface area contributed by atoms with Gasteiger partial charge in [-0.05, 0) is 0 Å². The van der Waals surface area contributed by atoms with Crippen LogP contribution in [0, 0.1) is 0 Å². The maximum atomic E-state index is 9.60. The minimum absolute atomic E-state index is 0.579. The third-order valence-electron chi connectivity index (χ3n) is 0.591. The quantitative estimate of drug-likeness (QED) is 0.319. The van der Waals surface area contributed by atoms with Crippen LogP contribution < -0.4 is 5.32 Å². The van der Waals surface area contributed by atoms with E-state index < -0.39 is 0 Å². The van der Waals surface area contributed by atoms with E-state index >= 15 is 0 Å². The monoisotopic (exact) mass is 111 g/mol. The van der Waals surface area contributed by atoms with E-state index in [-0.39, 0.29) is 0 Å². The van der Waals surface area contributed by atoms with Crippen molar-refractivity contribution in [1.82, 2.24) is 5.32 Å². The Balaban J connectivity index is 3.02. The zero-order chi connectivity index (χ0) is 6.24. The maximum absolute atomic E-state index is 9.60. The van der Waals surface area contributed by atoms with Crippen LogP contribution >= 0.6 is 0 Å². The average molecular weight is 111 g/mol. The summed E-state index contributed by atoms with van der Waals surface area (Å²) < 4.78 is 0. The number of allylic oxidation sites excluding steroid dienone is 2. The lowest BCUT2D eigenvalue weighted by Crippen LogP contribution is -2.08. The van der Waals surface area contributed by atoms with Gasteiger partial charge < -0.3 is 5.32 Å². The molecule has 0 unspecified atom stereocenters. The fourth-order valence-corrected chi connectivity index (χ4v) is 0.280. The van der Waals surface area contributed by atoms with Gasteiger partial charge in [-0.1, -0.05) is 24.8 Å². The minimum Gasteiger partial charge on any atom is -0.355 e. The van der Waals surface area contributed by atoms with Gasteiger partial charge in [-0.2, -0.15) is 0 Å². The normalized spacial score (nSPS) is 9.00. The van der Waals surface area contributed by atoms with Crippen LogP contribution in [0.1, 0.15) is 0 Å². The molecule has 0 aromatic heterocycles. The Hall–Kier alpha value is -1.05. The first-order chi connectivity index (χ1) is 3.91. The molecule has 0 rings (SSSR count). The van der Waals surface area contributed by atoms with Gasteiger partial charge >= 0.3 is 0 Å². The Kier molecular flexibility index (Phi) is 5.17. The Labute approximate surface area is 48.9 Å². The molecule has 8 heavy (non-hydrogen) atoms. The van der Waals surface area contributed by atoms with Crippen molar-refractivity contribution in [3.05, 3.63) is 24.8 Å². The van der Waals surface area contributed by atoms with Gasteiger partial charge in [0.25, 0.3) is 0 Å². The first-order valence-electron chi connectivity index (χ1n) is 2.36. The van der Waals surface area contributed by atoms with Crippen molar-refractivity contribution < 1.29 is 4.79 Å². The summed E-state index contributed by atoms with van der Waals surface area (Å²) in [6.07, 6.45) is 5.90.